The number of hydrogen-bond donors (Lipinski definition) is 2. The molecule has 20 heavy (non-hydrogen) atoms. The minimum atomic E-state index is -1.15. The largest absolute Gasteiger partial charge is 0.481 e. The van der Waals surface area contributed by atoms with E-state index in [4.69, 9.17) is 5.11 Å². The zero-order chi connectivity index (χ0) is 16.1. The number of aliphatic carboxylic acids is 1. The molecule has 2 amide bonds. The zero-order valence-electron chi connectivity index (χ0n) is 13.2. The first kappa shape index (κ1) is 18.4. The average molecular weight is 286 g/mol. The van der Waals surface area contributed by atoms with Crippen LogP contribution in [0.3, 0.4) is 0 Å². The molecule has 0 saturated heterocycles. The Morgan fingerprint density at radius 3 is 2.05 bits per heavy atom. The van der Waals surface area contributed by atoms with Gasteiger partial charge in [-0.15, -0.1) is 0 Å². The summed E-state index contributed by atoms with van der Waals surface area (Å²) < 4.78 is 0. The minimum Gasteiger partial charge on any atom is -0.481 e. The van der Waals surface area contributed by atoms with Crippen molar-refractivity contribution in [1.29, 1.82) is 0 Å². The van der Waals surface area contributed by atoms with Gasteiger partial charge in [-0.1, -0.05) is 13.8 Å². The monoisotopic (exact) mass is 286 g/mol. The number of amides is 2. The van der Waals surface area contributed by atoms with Gasteiger partial charge in [0.1, 0.15) is 6.04 Å². The van der Waals surface area contributed by atoms with Crippen LogP contribution in [0.4, 0.5) is 0 Å². The lowest BCUT2D eigenvalue weighted by Gasteiger charge is -2.25. The Morgan fingerprint density at radius 2 is 1.70 bits per heavy atom. The molecular weight excluding hydrogens is 260 g/mol. The topological polar surface area (TPSA) is 86.7 Å². The molecule has 2 N–H and O–H groups in total. The number of hydrogen-bond acceptors (Lipinski definition) is 3. The summed E-state index contributed by atoms with van der Waals surface area (Å²) in [6.45, 7) is 6.90. The molecule has 0 saturated carbocycles. The van der Waals surface area contributed by atoms with E-state index < -0.39 is 23.3 Å². The Hall–Kier alpha value is -1.59. The third-order valence-corrected chi connectivity index (χ3v) is 2.96. The first-order valence-electron chi connectivity index (χ1n) is 6.71. The lowest BCUT2D eigenvalue weighted by molar-refractivity contribution is -0.149. The predicted molar refractivity (Wildman–Crippen MR) is 76.1 cm³/mol. The van der Waals surface area contributed by atoms with E-state index >= 15 is 0 Å². The Balaban J connectivity index is 4.78. The van der Waals surface area contributed by atoms with Crippen LogP contribution in [0.2, 0.25) is 0 Å². The molecule has 0 heterocycles. The third-order valence-electron chi connectivity index (χ3n) is 2.96. The maximum absolute atomic E-state index is 12.0. The molecule has 1 unspecified atom stereocenters. The molecule has 6 heteroatoms. The molecule has 0 aliphatic heterocycles. The van der Waals surface area contributed by atoms with E-state index in [1.807, 2.05) is 13.8 Å². The van der Waals surface area contributed by atoms with Gasteiger partial charge in [0, 0.05) is 20.5 Å². The van der Waals surface area contributed by atoms with Crippen molar-refractivity contribution >= 4 is 17.8 Å². The van der Waals surface area contributed by atoms with Crippen LogP contribution in [-0.2, 0) is 14.4 Å². The highest BCUT2D eigenvalue weighted by molar-refractivity contribution is 5.89. The van der Waals surface area contributed by atoms with Crippen LogP contribution in [0, 0.1) is 11.3 Å². The van der Waals surface area contributed by atoms with E-state index in [9.17, 15) is 14.4 Å². The molecule has 0 aliphatic carbocycles. The van der Waals surface area contributed by atoms with Gasteiger partial charge in [0.25, 0.3) is 0 Å². The highest BCUT2D eigenvalue weighted by atomic mass is 16.4. The molecule has 0 rings (SSSR count). The van der Waals surface area contributed by atoms with Crippen LogP contribution in [0.5, 0.6) is 0 Å². The maximum atomic E-state index is 12.0. The SMILES string of the molecule is CC(C)CC(NC(=O)CC(C)(C)C(=O)O)C(=O)N(C)C. The summed E-state index contributed by atoms with van der Waals surface area (Å²) in [6.07, 6.45) is 0.369. The van der Waals surface area contributed by atoms with E-state index in [0.29, 0.717) is 6.42 Å². The van der Waals surface area contributed by atoms with Gasteiger partial charge in [0.15, 0.2) is 0 Å². The number of nitrogens with zero attached hydrogens (tertiary/aromatic N) is 1. The highest BCUT2D eigenvalue weighted by Gasteiger charge is 2.32. The second-order valence-corrected chi connectivity index (χ2v) is 6.35. The van der Waals surface area contributed by atoms with Gasteiger partial charge in [0.2, 0.25) is 11.8 Å². The Labute approximate surface area is 120 Å². The summed E-state index contributed by atoms with van der Waals surface area (Å²) in [4.78, 5) is 36.4. The summed E-state index contributed by atoms with van der Waals surface area (Å²) in [5, 5.41) is 11.7. The summed E-state index contributed by atoms with van der Waals surface area (Å²) in [7, 11) is 3.26. The van der Waals surface area contributed by atoms with Gasteiger partial charge in [-0.3, -0.25) is 14.4 Å². The molecule has 0 aliphatic rings. The molecule has 0 aromatic rings. The van der Waals surface area contributed by atoms with Crippen molar-refractivity contribution in [2.75, 3.05) is 14.1 Å². The molecule has 0 aromatic carbocycles. The molecule has 0 fully saturated rings. The summed E-state index contributed by atoms with van der Waals surface area (Å²) >= 11 is 0. The quantitative estimate of drug-likeness (QED) is 0.734. The summed E-state index contributed by atoms with van der Waals surface area (Å²) in [5.41, 5.74) is -1.15. The number of carboxylic acid groups (broad SMARTS) is 1. The van der Waals surface area contributed by atoms with Crippen LogP contribution < -0.4 is 5.32 Å². The van der Waals surface area contributed by atoms with E-state index in [2.05, 4.69) is 5.32 Å². The predicted octanol–water partition coefficient (Wildman–Crippen LogP) is 1.11. The highest BCUT2D eigenvalue weighted by Crippen LogP contribution is 2.20. The van der Waals surface area contributed by atoms with E-state index in [-0.39, 0.29) is 18.2 Å². The number of carboxylic acids is 1. The van der Waals surface area contributed by atoms with E-state index in [0.717, 1.165) is 0 Å². The Kier molecular flexibility index (Phi) is 6.68. The molecule has 1 atom stereocenters. The molecule has 6 nitrogen and oxygen atoms in total. The maximum Gasteiger partial charge on any atom is 0.309 e. The van der Waals surface area contributed by atoms with Gasteiger partial charge in [-0.2, -0.15) is 0 Å². The number of carbonyl (C=O) groups is 3. The van der Waals surface area contributed by atoms with Gasteiger partial charge >= 0.3 is 5.97 Å². The summed E-state index contributed by atoms with van der Waals surface area (Å²) in [5.74, 6) is -1.39. The van der Waals surface area contributed by atoms with Crippen LogP contribution in [0.25, 0.3) is 0 Å². The van der Waals surface area contributed by atoms with Gasteiger partial charge in [-0.05, 0) is 26.2 Å². The van der Waals surface area contributed by atoms with Crippen molar-refractivity contribution in [2.45, 2.75) is 46.6 Å². The number of carbonyl (C=O) groups excluding carboxylic acids is 2. The Morgan fingerprint density at radius 1 is 1.20 bits per heavy atom. The van der Waals surface area contributed by atoms with Gasteiger partial charge < -0.3 is 15.3 Å². The fraction of sp³-hybridized carbons (Fsp3) is 0.786. The van der Waals surface area contributed by atoms with Crippen LogP contribution in [0.15, 0.2) is 0 Å². The number of nitrogens with one attached hydrogen (secondary N) is 1. The zero-order valence-corrected chi connectivity index (χ0v) is 13.2. The Bertz CT molecular complexity index is 375. The molecule has 0 bridgehead atoms. The van der Waals surface area contributed by atoms with Crippen molar-refractivity contribution < 1.29 is 19.5 Å². The van der Waals surface area contributed by atoms with Crippen molar-refractivity contribution in [1.82, 2.24) is 10.2 Å². The van der Waals surface area contributed by atoms with E-state index in [1.54, 1.807) is 14.1 Å². The van der Waals surface area contributed by atoms with E-state index in [1.165, 1.54) is 18.7 Å². The fourth-order valence-electron chi connectivity index (χ4n) is 1.73. The van der Waals surface area contributed by atoms with Gasteiger partial charge in [0.05, 0.1) is 5.41 Å². The van der Waals surface area contributed by atoms with Crippen molar-refractivity contribution in [2.24, 2.45) is 11.3 Å². The molecule has 116 valence electrons. The number of likely N-dealkylation sites (N-methyl/N-ethyl adjacent to an activating group) is 1. The van der Waals surface area contributed by atoms with Crippen molar-refractivity contribution in [3.05, 3.63) is 0 Å². The second-order valence-electron chi connectivity index (χ2n) is 6.35. The third kappa shape index (κ3) is 6.04. The lowest BCUT2D eigenvalue weighted by atomic mass is 9.89. The number of rotatable bonds is 7. The molecule has 0 radical (unpaired) electrons. The standard InChI is InChI=1S/C14H26N2O4/c1-9(2)7-10(12(18)16(5)6)15-11(17)8-14(3,4)13(19)20/h9-10H,7-8H2,1-6H3,(H,15,17)(H,19,20). The van der Waals surface area contributed by atoms with Crippen LogP contribution in [-0.4, -0.2) is 47.9 Å². The molecular formula is C14H26N2O4. The van der Waals surface area contributed by atoms with Crippen LogP contribution in [0.1, 0.15) is 40.5 Å². The average Bonchev–Trinajstić information content (AvgIpc) is 2.25. The lowest BCUT2D eigenvalue weighted by Crippen LogP contribution is -2.48. The first-order chi connectivity index (χ1) is 8.97. The first-order valence-corrected chi connectivity index (χ1v) is 6.71. The summed E-state index contributed by atoms with van der Waals surface area (Å²) in [6, 6.07) is -0.609. The normalized spacial score (nSPS) is 12.9. The second kappa shape index (κ2) is 7.26. The fourth-order valence-corrected chi connectivity index (χ4v) is 1.73. The molecule has 0 spiro atoms. The molecule has 0 aromatic heterocycles. The van der Waals surface area contributed by atoms with Crippen molar-refractivity contribution in [3.8, 4) is 0 Å². The smallest absolute Gasteiger partial charge is 0.309 e. The van der Waals surface area contributed by atoms with Crippen LogP contribution >= 0.6 is 0 Å². The minimum absolute atomic E-state index is 0.155. The van der Waals surface area contributed by atoms with Crippen molar-refractivity contribution in [3.63, 3.8) is 0 Å². The van der Waals surface area contributed by atoms with Gasteiger partial charge in [-0.25, -0.2) is 0 Å².